The zero-order valence-corrected chi connectivity index (χ0v) is 13.3. The van der Waals surface area contributed by atoms with Crippen LogP contribution in [0.1, 0.15) is 24.0 Å². The van der Waals surface area contributed by atoms with Gasteiger partial charge in [0.25, 0.3) is 0 Å². The van der Waals surface area contributed by atoms with Gasteiger partial charge in [0.15, 0.2) is 9.84 Å². The molecule has 7 heteroatoms. The van der Waals surface area contributed by atoms with Gasteiger partial charge in [0, 0.05) is 12.6 Å². The van der Waals surface area contributed by atoms with Crippen LogP contribution in [0, 0.1) is 6.92 Å². The quantitative estimate of drug-likeness (QED) is 0.762. The van der Waals surface area contributed by atoms with Gasteiger partial charge in [0.2, 0.25) is 11.8 Å². The van der Waals surface area contributed by atoms with Crippen LogP contribution in [-0.4, -0.2) is 37.8 Å². The highest BCUT2D eigenvalue weighted by atomic mass is 32.2. The van der Waals surface area contributed by atoms with E-state index >= 15 is 0 Å². The second kappa shape index (κ2) is 6.91. The lowest BCUT2D eigenvalue weighted by atomic mass is 10.1. The van der Waals surface area contributed by atoms with Gasteiger partial charge in [-0.25, -0.2) is 8.42 Å². The fourth-order valence-electron chi connectivity index (χ4n) is 2.30. The van der Waals surface area contributed by atoms with Gasteiger partial charge in [-0.05, 0) is 18.9 Å². The topological polar surface area (TPSA) is 92.3 Å². The Morgan fingerprint density at radius 2 is 1.86 bits per heavy atom. The van der Waals surface area contributed by atoms with E-state index in [-0.39, 0.29) is 29.9 Å². The first kappa shape index (κ1) is 16.5. The number of benzene rings is 1. The second-order valence-corrected chi connectivity index (χ2v) is 7.84. The zero-order chi connectivity index (χ0) is 16.2. The van der Waals surface area contributed by atoms with E-state index in [1.165, 1.54) is 0 Å². The van der Waals surface area contributed by atoms with Gasteiger partial charge in [0.1, 0.15) is 6.42 Å². The average Bonchev–Trinajstić information content (AvgIpc) is 2.77. The van der Waals surface area contributed by atoms with Crippen LogP contribution in [0.2, 0.25) is 0 Å². The van der Waals surface area contributed by atoms with Crippen LogP contribution in [0.25, 0.3) is 0 Å². The smallest absolute Gasteiger partial charge is 0.229 e. The van der Waals surface area contributed by atoms with Crippen LogP contribution in [-0.2, 0) is 26.0 Å². The Labute approximate surface area is 130 Å². The van der Waals surface area contributed by atoms with Crippen molar-refractivity contribution in [1.29, 1.82) is 0 Å². The lowest BCUT2D eigenvalue weighted by Crippen LogP contribution is -2.38. The molecule has 1 heterocycles. The summed E-state index contributed by atoms with van der Waals surface area (Å²) in [6.45, 7) is 2.35. The maximum absolute atomic E-state index is 11.7. The molecule has 1 aromatic carbocycles. The summed E-state index contributed by atoms with van der Waals surface area (Å²) in [4.78, 5) is 23.4. The van der Waals surface area contributed by atoms with E-state index in [9.17, 15) is 18.0 Å². The van der Waals surface area contributed by atoms with E-state index in [1.807, 2.05) is 31.2 Å². The second-order valence-electron chi connectivity index (χ2n) is 5.61. The first-order valence-corrected chi connectivity index (χ1v) is 8.98. The van der Waals surface area contributed by atoms with Crippen molar-refractivity contribution in [2.24, 2.45) is 0 Å². The van der Waals surface area contributed by atoms with Crippen molar-refractivity contribution in [1.82, 2.24) is 10.6 Å². The maximum atomic E-state index is 11.7. The molecule has 1 unspecified atom stereocenters. The van der Waals surface area contributed by atoms with Crippen molar-refractivity contribution >= 4 is 21.7 Å². The summed E-state index contributed by atoms with van der Waals surface area (Å²) in [5.74, 6) is -0.760. The summed E-state index contributed by atoms with van der Waals surface area (Å²) in [5.41, 5.74) is 2.10. The molecule has 0 bridgehead atoms. The Bertz CT molecular complexity index is 653. The minimum absolute atomic E-state index is 0.0380. The van der Waals surface area contributed by atoms with Crippen LogP contribution < -0.4 is 10.6 Å². The third-order valence-electron chi connectivity index (χ3n) is 3.53. The Hall–Kier alpha value is -1.89. The normalized spacial score (nSPS) is 19.6. The van der Waals surface area contributed by atoms with Crippen LogP contribution in [0.4, 0.5) is 0 Å². The van der Waals surface area contributed by atoms with Crippen molar-refractivity contribution in [2.45, 2.75) is 32.4 Å². The molecule has 1 fully saturated rings. The van der Waals surface area contributed by atoms with Gasteiger partial charge in [-0.3, -0.25) is 9.59 Å². The fourth-order valence-corrected chi connectivity index (χ4v) is 3.98. The number of carbonyl (C=O) groups is 2. The highest BCUT2D eigenvalue weighted by molar-refractivity contribution is 7.91. The van der Waals surface area contributed by atoms with Crippen LogP contribution >= 0.6 is 0 Å². The summed E-state index contributed by atoms with van der Waals surface area (Å²) in [6.07, 6.45) is 0.126. The molecule has 0 saturated carbocycles. The van der Waals surface area contributed by atoms with Crippen LogP contribution in [0.3, 0.4) is 0 Å². The standard InChI is InChI=1S/C15H20N2O4S/c1-11-2-4-12(5-3-11)9-16-14(18)8-15(19)17-13-6-7-22(20,21)10-13/h2-5,13H,6-10H2,1H3,(H,16,18)(H,17,19). The molecule has 1 saturated heterocycles. The zero-order valence-electron chi connectivity index (χ0n) is 12.5. The average molecular weight is 324 g/mol. The number of aryl methyl sites for hydroxylation is 1. The number of rotatable bonds is 5. The van der Waals surface area contributed by atoms with E-state index in [0.717, 1.165) is 11.1 Å². The third-order valence-corrected chi connectivity index (χ3v) is 5.30. The van der Waals surface area contributed by atoms with E-state index in [4.69, 9.17) is 0 Å². The van der Waals surface area contributed by atoms with Crippen molar-refractivity contribution in [3.8, 4) is 0 Å². The third kappa shape index (κ3) is 5.14. The van der Waals surface area contributed by atoms with E-state index < -0.39 is 15.7 Å². The molecule has 0 aromatic heterocycles. The fraction of sp³-hybridized carbons (Fsp3) is 0.467. The van der Waals surface area contributed by atoms with Gasteiger partial charge in [-0.2, -0.15) is 0 Å². The summed E-state index contributed by atoms with van der Waals surface area (Å²) < 4.78 is 22.6. The Kier molecular flexibility index (Phi) is 5.18. The van der Waals surface area contributed by atoms with Crippen molar-refractivity contribution in [2.75, 3.05) is 11.5 Å². The Morgan fingerprint density at radius 1 is 1.18 bits per heavy atom. The number of nitrogens with one attached hydrogen (secondary N) is 2. The number of hydrogen-bond donors (Lipinski definition) is 2. The van der Waals surface area contributed by atoms with E-state index in [0.29, 0.717) is 13.0 Å². The highest BCUT2D eigenvalue weighted by Gasteiger charge is 2.29. The maximum Gasteiger partial charge on any atom is 0.229 e. The molecule has 1 aromatic rings. The van der Waals surface area contributed by atoms with Crippen molar-refractivity contribution in [3.63, 3.8) is 0 Å². The van der Waals surface area contributed by atoms with Crippen LogP contribution in [0.5, 0.6) is 0 Å². The minimum Gasteiger partial charge on any atom is -0.352 e. The Balaban J connectivity index is 1.72. The van der Waals surface area contributed by atoms with Gasteiger partial charge >= 0.3 is 0 Å². The van der Waals surface area contributed by atoms with Crippen LogP contribution in [0.15, 0.2) is 24.3 Å². The molecular formula is C15H20N2O4S. The molecule has 0 spiro atoms. The van der Waals surface area contributed by atoms with Gasteiger partial charge < -0.3 is 10.6 Å². The molecule has 2 rings (SSSR count). The molecule has 2 amide bonds. The van der Waals surface area contributed by atoms with Crippen molar-refractivity contribution < 1.29 is 18.0 Å². The Morgan fingerprint density at radius 3 is 2.45 bits per heavy atom. The van der Waals surface area contributed by atoms with Crippen molar-refractivity contribution in [3.05, 3.63) is 35.4 Å². The molecule has 6 nitrogen and oxygen atoms in total. The number of hydrogen-bond acceptors (Lipinski definition) is 4. The molecule has 0 radical (unpaired) electrons. The predicted molar refractivity (Wildman–Crippen MR) is 82.8 cm³/mol. The molecule has 2 N–H and O–H groups in total. The van der Waals surface area contributed by atoms with Gasteiger partial charge in [-0.1, -0.05) is 29.8 Å². The first-order chi connectivity index (χ1) is 10.3. The highest BCUT2D eigenvalue weighted by Crippen LogP contribution is 2.11. The SMILES string of the molecule is Cc1ccc(CNC(=O)CC(=O)NC2CCS(=O)(=O)C2)cc1. The number of amides is 2. The molecule has 22 heavy (non-hydrogen) atoms. The summed E-state index contributed by atoms with van der Waals surface area (Å²) in [5, 5.41) is 5.26. The lowest BCUT2D eigenvalue weighted by molar-refractivity contribution is -0.129. The summed E-state index contributed by atoms with van der Waals surface area (Å²) >= 11 is 0. The lowest BCUT2D eigenvalue weighted by Gasteiger charge is -2.11. The monoisotopic (exact) mass is 324 g/mol. The van der Waals surface area contributed by atoms with E-state index in [1.54, 1.807) is 0 Å². The largest absolute Gasteiger partial charge is 0.352 e. The molecule has 1 atom stereocenters. The number of carbonyl (C=O) groups excluding carboxylic acids is 2. The molecule has 0 aliphatic carbocycles. The minimum atomic E-state index is -3.03. The molecule has 120 valence electrons. The van der Waals surface area contributed by atoms with E-state index in [2.05, 4.69) is 10.6 Å². The molecular weight excluding hydrogens is 304 g/mol. The summed E-state index contributed by atoms with van der Waals surface area (Å²) in [6, 6.07) is 7.36. The molecule has 1 aliphatic heterocycles. The molecule has 1 aliphatic rings. The van der Waals surface area contributed by atoms with Gasteiger partial charge in [-0.15, -0.1) is 0 Å². The summed E-state index contributed by atoms with van der Waals surface area (Å²) in [7, 11) is -3.03. The first-order valence-electron chi connectivity index (χ1n) is 7.16. The predicted octanol–water partition coefficient (Wildman–Crippen LogP) is 0.305. The number of sulfone groups is 1. The van der Waals surface area contributed by atoms with Gasteiger partial charge in [0.05, 0.1) is 11.5 Å².